The monoisotopic (exact) mass is 359 g/mol. The fraction of sp³-hybridized carbons (Fsp3) is 0.143. The third kappa shape index (κ3) is 3.55. The molecule has 1 aliphatic rings. The van der Waals surface area contributed by atoms with E-state index in [0.29, 0.717) is 23.4 Å². The van der Waals surface area contributed by atoms with Gasteiger partial charge in [0.05, 0.1) is 22.7 Å². The van der Waals surface area contributed by atoms with E-state index >= 15 is 0 Å². The number of aryl methyl sites for hydroxylation is 1. The third-order valence-electron chi connectivity index (χ3n) is 4.41. The second-order valence-electron chi connectivity index (χ2n) is 6.42. The Morgan fingerprint density at radius 1 is 1.11 bits per heavy atom. The lowest BCUT2D eigenvalue weighted by Gasteiger charge is -2.08. The summed E-state index contributed by atoms with van der Waals surface area (Å²) in [5.74, 6) is -0.994. The summed E-state index contributed by atoms with van der Waals surface area (Å²) in [5.41, 5.74) is 4.88. The minimum absolute atomic E-state index is 0.189. The minimum Gasteiger partial charge on any atom is -0.478 e. The van der Waals surface area contributed by atoms with Crippen LogP contribution >= 0.6 is 0 Å². The maximum Gasteiger partial charge on any atom is 0.335 e. The van der Waals surface area contributed by atoms with E-state index in [2.05, 4.69) is 15.1 Å². The van der Waals surface area contributed by atoms with Crippen LogP contribution in [0.2, 0.25) is 0 Å². The highest BCUT2D eigenvalue weighted by molar-refractivity contribution is 6.04. The number of aromatic nitrogens is 2. The van der Waals surface area contributed by atoms with Crippen LogP contribution in [0.3, 0.4) is 0 Å². The van der Waals surface area contributed by atoms with Crippen molar-refractivity contribution in [2.45, 2.75) is 19.4 Å². The van der Waals surface area contributed by atoms with Gasteiger partial charge in [-0.25, -0.2) is 4.79 Å². The zero-order chi connectivity index (χ0) is 18.8. The lowest BCUT2D eigenvalue weighted by atomic mass is 9.97. The Kier molecular flexibility index (Phi) is 4.38. The number of hydrogen-bond acceptors (Lipinski definition) is 5. The van der Waals surface area contributed by atoms with Crippen LogP contribution in [-0.4, -0.2) is 26.8 Å². The van der Waals surface area contributed by atoms with Crippen LogP contribution in [-0.2, 0) is 4.84 Å². The van der Waals surface area contributed by atoms with E-state index in [1.54, 1.807) is 24.5 Å². The molecule has 0 radical (unpaired) electrons. The third-order valence-corrected chi connectivity index (χ3v) is 4.41. The molecule has 0 saturated heterocycles. The van der Waals surface area contributed by atoms with Gasteiger partial charge in [-0.2, -0.15) is 0 Å². The summed E-state index contributed by atoms with van der Waals surface area (Å²) < 4.78 is 0. The fourth-order valence-electron chi connectivity index (χ4n) is 2.98. The fourth-order valence-corrected chi connectivity index (χ4v) is 2.98. The molecule has 3 aromatic rings. The normalized spacial score (nSPS) is 15.9. The highest BCUT2D eigenvalue weighted by Gasteiger charge is 2.25. The Balaban J connectivity index is 1.68. The van der Waals surface area contributed by atoms with Gasteiger partial charge in [-0.1, -0.05) is 17.3 Å². The molecule has 1 unspecified atom stereocenters. The van der Waals surface area contributed by atoms with E-state index in [4.69, 9.17) is 4.84 Å². The van der Waals surface area contributed by atoms with E-state index in [0.717, 1.165) is 16.8 Å². The van der Waals surface area contributed by atoms with Crippen molar-refractivity contribution in [3.05, 3.63) is 83.3 Å². The lowest BCUT2D eigenvalue weighted by molar-refractivity contribution is 0.0697. The summed E-state index contributed by atoms with van der Waals surface area (Å²) in [6.07, 6.45) is 3.73. The molecule has 0 bridgehead atoms. The number of carbonyl (C=O) groups is 1. The van der Waals surface area contributed by atoms with Gasteiger partial charge < -0.3 is 9.94 Å². The lowest BCUT2D eigenvalue weighted by Crippen LogP contribution is -2.06. The molecule has 27 heavy (non-hydrogen) atoms. The minimum atomic E-state index is -0.994. The van der Waals surface area contributed by atoms with Crippen LogP contribution in [0.5, 0.6) is 0 Å². The van der Waals surface area contributed by atoms with Crippen molar-refractivity contribution in [3.8, 4) is 11.3 Å². The Labute approximate surface area is 156 Å². The quantitative estimate of drug-likeness (QED) is 0.761. The van der Waals surface area contributed by atoms with Crippen LogP contribution in [0.25, 0.3) is 11.3 Å². The first kappa shape index (κ1) is 16.9. The van der Waals surface area contributed by atoms with Crippen LogP contribution < -0.4 is 0 Å². The van der Waals surface area contributed by atoms with Gasteiger partial charge in [0.1, 0.15) is 0 Å². The van der Waals surface area contributed by atoms with Crippen LogP contribution in [0.1, 0.15) is 39.7 Å². The molecule has 0 saturated carbocycles. The highest BCUT2D eigenvalue weighted by Crippen LogP contribution is 2.30. The Morgan fingerprint density at radius 2 is 1.96 bits per heavy atom. The summed E-state index contributed by atoms with van der Waals surface area (Å²) in [6, 6.07) is 14.6. The van der Waals surface area contributed by atoms with Crippen LogP contribution in [0.4, 0.5) is 0 Å². The molecule has 0 amide bonds. The predicted molar refractivity (Wildman–Crippen MR) is 101 cm³/mol. The molecule has 1 aliphatic heterocycles. The van der Waals surface area contributed by atoms with Crippen molar-refractivity contribution in [1.29, 1.82) is 0 Å². The zero-order valence-corrected chi connectivity index (χ0v) is 14.7. The average Bonchev–Trinajstić information content (AvgIpc) is 3.19. The molecule has 1 atom stereocenters. The standard InChI is InChI=1S/C21H17N3O3/c1-13-5-6-17(23-12-13)14-8-15(10-16(9-14)21(25)26)19-11-20(27-24-19)18-4-2-3-7-22-18/h2-10,12,20H,11H2,1H3,(H,25,26). The molecule has 4 rings (SSSR count). The molecule has 6 heteroatoms. The number of carboxylic acid groups (broad SMARTS) is 1. The molecule has 1 N–H and O–H groups in total. The molecule has 134 valence electrons. The first-order valence-corrected chi connectivity index (χ1v) is 8.55. The Hall–Kier alpha value is -3.54. The number of hydrogen-bond donors (Lipinski definition) is 1. The molecule has 0 aliphatic carbocycles. The van der Waals surface area contributed by atoms with Crippen molar-refractivity contribution in [1.82, 2.24) is 9.97 Å². The number of rotatable bonds is 4. The van der Waals surface area contributed by atoms with Crippen molar-refractivity contribution in [3.63, 3.8) is 0 Å². The Bertz CT molecular complexity index is 1010. The molecular weight excluding hydrogens is 342 g/mol. The van der Waals surface area contributed by atoms with E-state index < -0.39 is 5.97 Å². The van der Waals surface area contributed by atoms with Gasteiger partial charge in [0, 0.05) is 29.9 Å². The summed E-state index contributed by atoms with van der Waals surface area (Å²) in [5, 5.41) is 13.7. The van der Waals surface area contributed by atoms with Crippen LogP contribution in [0.15, 0.2) is 66.1 Å². The van der Waals surface area contributed by atoms with E-state index in [9.17, 15) is 9.90 Å². The molecule has 6 nitrogen and oxygen atoms in total. The number of oxime groups is 1. The van der Waals surface area contributed by atoms with E-state index in [-0.39, 0.29) is 11.7 Å². The maximum absolute atomic E-state index is 11.6. The number of aromatic carboxylic acids is 1. The van der Waals surface area contributed by atoms with Crippen molar-refractivity contribution in [2.75, 3.05) is 0 Å². The predicted octanol–water partition coefficient (Wildman–Crippen LogP) is 4.02. The van der Waals surface area contributed by atoms with Gasteiger partial charge in [0.25, 0.3) is 0 Å². The molecule has 3 heterocycles. The number of carboxylic acids is 1. The van der Waals surface area contributed by atoms with Gasteiger partial charge in [-0.05, 0) is 48.9 Å². The summed E-state index contributed by atoms with van der Waals surface area (Å²) >= 11 is 0. The Morgan fingerprint density at radius 3 is 2.67 bits per heavy atom. The molecule has 0 fully saturated rings. The summed E-state index contributed by atoms with van der Waals surface area (Å²) in [4.78, 5) is 25.8. The van der Waals surface area contributed by atoms with Gasteiger partial charge in [-0.15, -0.1) is 0 Å². The van der Waals surface area contributed by atoms with Gasteiger partial charge >= 0.3 is 5.97 Å². The van der Waals surface area contributed by atoms with Gasteiger partial charge in [0.2, 0.25) is 0 Å². The second-order valence-corrected chi connectivity index (χ2v) is 6.42. The molecule has 0 spiro atoms. The SMILES string of the molecule is Cc1ccc(-c2cc(C(=O)O)cc(C3=NOC(c4ccccn4)C3)c2)nc1. The van der Waals surface area contributed by atoms with E-state index in [1.807, 2.05) is 43.3 Å². The average molecular weight is 359 g/mol. The number of benzene rings is 1. The molecule has 2 aromatic heterocycles. The van der Waals surface area contributed by atoms with Gasteiger partial charge in [0.15, 0.2) is 6.10 Å². The zero-order valence-electron chi connectivity index (χ0n) is 14.7. The van der Waals surface area contributed by atoms with Crippen molar-refractivity contribution < 1.29 is 14.7 Å². The summed E-state index contributed by atoms with van der Waals surface area (Å²) in [6.45, 7) is 1.96. The topological polar surface area (TPSA) is 84.7 Å². The first-order chi connectivity index (χ1) is 13.1. The smallest absolute Gasteiger partial charge is 0.335 e. The van der Waals surface area contributed by atoms with Crippen molar-refractivity contribution >= 4 is 11.7 Å². The van der Waals surface area contributed by atoms with Crippen molar-refractivity contribution in [2.24, 2.45) is 5.16 Å². The molecular formula is C21H17N3O3. The second kappa shape index (κ2) is 6.99. The summed E-state index contributed by atoms with van der Waals surface area (Å²) in [7, 11) is 0. The first-order valence-electron chi connectivity index (χ1n) is 8.55. The van der Waals surface area contributed by atoms with E-state index in [1.165, 1.54) is 0 Å². The number of pyridine rings is 2. The molecule has 1 aromatic carbocycles. The van der Waals surface area contributed by atoms with Crippen LogP contribution in [0, 0.1) is 6.92 Å². The maximum atomic E-state index is 11.6. The number of nitrogens with zero attached hydrogens (tertiary/aromatic N) is 3. The highest BCUT2D eigenvalue weighted by atomic mass is 16.6. The van der Waals surface area contributed by atoms with Gasteiger partial charge in [-0.3, -0.25) is 9.97 Å². The largest absolute Gasteiger partial charge is 0.478 e.